The van der Waals surface area contributed by atoms with Crippen molar-refractivity contribution in [1.82, 2.24) is 4.98 Å². The Labute approximate surface area is 111 Å². The zero-order valence-electron chi connectivity index (χ0n) is 10.6. The molecule has 0 spiro atoms. The molecule has 98 valence electrons. The number of pyridine rings is 1. The van der Waals surface area contributed by atoms with E-state index in [2.05, 4.69) is 10.3 Å². The summed E-state index contributed by atoms with van der Waals surface area (Å²) in [6.07, 6.45) is 1.66. The smallest absolute Gasteiger partial charge is 0.221 e. The van der Waals surface area contributed by atoms with E-state index in [1.807, 2.05) is 18.2 Å². The number of aromatic nitrogens is 1. The maximum atomic E-state index is 11.1. The Hall–Kier alpha value is -2.56. The second kappa shape index (κ2) is 5.86. The first-order valence-corrected chi connectivity index (χ1v) is 5.85. The predicted molar refractivity (Wildman–Crippen MR) is 73.7 cm³/mol. The summed E-state index contributed by atoms with van der Waals surface area (Å²) in [5.41, 5.74) is 7.07. The second-order valence-corrected chi connectivity index (χ2v) is 4.06. The number of para-hydroxylation sites is 2. The van der Waals surface area contributed by atoms with E-state index in [0.29, 0.717) is 23.9 Å². The van der Waals surface area contributed by atoms with Gasteiger partial charge in [-0.2, -0.15) is 0 Å². The third-order valence-electron chi connectivity index (χ3n) is 2.44. The van der Waals surface area contributed by atoms with Crippen LogP contribution in [-0.4, -0.2) is 10.9 Å². The van der Waals surface area contributed by atoms with Crippen LogP contribution in [0.3, 0.4) is 0 Å². The highest BCUT2D eigenvalue weighted by Gasteiger charge is 2.04. The Morgan fingerprint density at radius 1 is 1.32 bits per heavy atom. The van der Waals surface area contributed by atoms with Crippen LogP contribution >= 0.6 is 0 Å². The normalized spacial score (nSPS) is 9.95. The average molecular weight is 257 g/mol. The van der Waals surface area contributed by atoms with Crippen molar-refractivity contribution in [3.05, 3.63) is 48.2 Å². The number of rotatable bonds is 4. The van der Waals surface area contributed by atoms with Gasteiger partial charge in [0.1, 0.15) is 18.2 Å². The number of carbonyl (C=O) groups excluding carboxylic acids is 1. The van der Waals surface area contributed by atoms with Crippen LogP contribution in [0, 0.1) is 0 Å². The third-order valence-corrected chi connectivity index (χ3v) is 2.44. The molecule has 19 heavy (non-hydrogen) atoms. The van der Waals surface area contributed by atoms with E-state index < -0.39 is 0 Å². The van der Waals surface area contributed by atoms with Gasteiger partial charge >= 0.3 is 0 Å². The zero-order chi connectivity index (χ0) is 13.7. The summed E-state index contributed by atoms with van der Waals surface area (Å²) in [5.74, 6) is 0.960. The van der Waals surface area contributed by atoms with Gasteiger partial charge in [0, 0.05) is 18.7 Å². The Bertz CT molecular complexity index is 567. The van der Waals surface area contributed by atoms with E-state index in [-0.39, 0.29) is 5.91 Å². The number of anilines is 2. The first-order valence-electron chi connectivity index (χ1n) is 5.85. The van der Waals surface area contributed by atoms with Gasteiger partial charge in [0.05, 0.1) is 5.69 Å². The molecule has 5 nitrogen and oxygen atoms in total. The van der Waals surface area contributed by atoms with Gasteiger partial charge in [-0.3, -0.25) is 4.79 Å². The van der Waals surface area contributed by atoms with Crippen LogP contribution < -0.4 is 15.8 Å². The quantitative estimate of drug-likeness (QED) is 0.880. The number of nitrogens with two attached hydrogens (primary N) is 1. The van der Waals surface area contributed by atoms with E-state index >= 15 is 0 Å². The lowest BCUT2D eigenvalue weighted by molar-refractivity contribution is -0.114. The van der Waals surface area contributed by atoms with Crippen molar-refractivity contribution in [2.75, 3.05) is 11.1 Å². The van der Waals surface area contributed by atoms with Crippen LogP contribution in [0.15, 0.2) is 42.6 Å². The van der Waals surface area contributed by atoms with Crippen LogP contribution in [-0.2, 0) is 11.4 Å². The molecule has 1 aromatic heterocycles. The van der Waals surface area contributed by atoms with Crippen molar-refractivity contribution in [2.45, 2.75) is 13.5 Å². The molecule has 0 unspecified atom stereocenters. The standard InChI is InChI=1S/C14H15N3O2/c1-10(18)17-12-4-2-3-5-13(12)19-9-11-6-7-14(15)16-8-11/h2-8H,9H2,1H3,(H2,15,16)(H,17,18). The van der Waals surface area contributed by atoms with Crippen molar-refractivity contribution in [1.29, 1.82) is 0 Å². The largest absolute Gasteiger partial charge is 0.487 e. The lowest BCUT2D eigenvalue weighted by atomic mass is 10.2. The van der Waals surface area contributed by atoms with Gasteiger partial charge in [-0.25, -0.2) is 4.98 Å². The van der Waals surface area contributed by atoms with Crippen molar-refractivity contribution >= 4 is 17.4 Å². The van der Waals surface area contributed by atoms with Crippen LogP contribution in [0.1, 0.15) is 12.5 Å². The monoisotopic (exact) mass is 257 g/mol. The van der Waals surface area contributed by atoms with Crippen molar-refractivity contribution in [3.8, 4) is 5.75 Å². The van der Waals surface area contributed by atoms with E-state index in [4.69, 9.17) is 10.5 Å². The molecule has 0 saturated carbocycles. The molecule has 0 aliphatic rings. The summed E-state index contributed by atoms with van der Waals surface area (Å²) in [5, 5.41) is 2.72. The number of hydrogen-bond acceptors (Lipinski definition) is 4. The molecule has 0 atom stereocenters. The number of benzene rings is 1. The lowest BCUT2D eigenvalue weighted by Crippen LogP contribution is -2.08. The molecular formula is C14H15N3O2. The summed E-state index contributed by atoms with van der Waals surface area (Å²) >= 11 is 0. The Kier molecular flexibility index (Phi) is 3.97. The lowest BCUT2D eigenvalue weighted by Gasteiger charge is -2.11. The molecular weight excluding hydrogens is 242 g/mol. The first-order chi connectivity index (χ1) is 9.15. The molecule has 0 aliphatic heterocycles. The number of carbonyl (C=O) groups is 1. The van der Waals surface area contributed by atoms with E-state index in [1.54, 1.807) is 24.4 Å². The minimum atomic E-state index is -0.134. The first kappa shape index (κ1) is 12.9. The minimum absolute atomic E-state index is 0.134. The number of nitrogens with zero attached hydrogens (tertiary/aromatic N) is 1. The van der Waals surface area contributed by atoms with E-state index in [0.717, 1.165) is 5.56 Å². The molecule has 0 aliphatic carbocycles. The van der Waals surface area contributed by atoms with Gasteiger partial charge in [0.25, 0.3) is 0 Å². The van der Waals surface area contributed by atoms with E-state index in [9.17, 15) is 4.79 Å². The average Bonchev–Trinajstić information content (AvgIpc) is 2.39. The van der Waals surface area contributed by atoms with Crippen LogP contribution in [0.25, 0.3) is 0 Å². The van der Waals surface area contributed by atoms with Gasteiger partial charge in [-0.15, -0.1) is 0 Å². The Morgan fingerprint density at radius 3 is 2.79 bits per heavy atom. The van der Waals surface area contributed by atoms with Crippen molar-refractivity contribution in [2.24, 2.45) is 0 Å². The van der Waals surface area contributed by atoms with Gasteiger partial charge < -0.3 is 15.8 Å². The predicted octanol–water partition coefficient (Wildman–Crippen LogP) is 2.20. The number of amides is 1. The number of hydrogen-bond donors (Lipinski definition) is 2. The van der Waals surface area contributed by atoms with E-state index in [1.165, 1.54) is 6.92 Å². The number of nitrogens with one attached hydrogen (secondary N) is 1. The molecule has 0 radical (unpaired) electrons. The van der Waals surface area contributed by atoms with Crippen molar-refractivity contribution < 1.29 is 9.53 Å². The summed E-state index contributed by atoms with van der Waals surface area (Å²) in [7, 11) is 0. The summed E-state index contributed by atoms with van der Waals surface area (Å²) in [6, 6.07) is 10.8. The molecule has 5 heteroatoms. The maximum absolute atomic E-state index is 11.1. The Balaban J connectivity index is 2.06. The highest BCUT2D eigenvalue weighted by atomic mass is 16.5. The second-order valence-electron chi connectivity index (χ2n) is 4.06. The van der Waals surface area contributed by atoms with Gasteiger partial charge in [0.2, 0.25) is 5.91 Å². The third kappa shape index (κ3) is 3.70. The fourth-order valence-electron chi connectivity index (χ4n) is 1.57. The summed E-state index contributed by atoms with van der Waals surface area (Å²) < 4.78 is 5.67. The molecule has 1 heterocycles. The summed E-state index contributed by atoms with van der Waals surface area (Å²) in [6.45, 7) is 1.82. The van der Waals surface area contributed by atoms with Gasteiger partial charge in [-0.05, 0) is 18.2 Å². The minimum Gasteiger partial charge on any atom is -0.487 e. The molecule has 0 fully saturated rings. The molecule has 2 rings (SSSR count). The Morgan fingerprint density at radius 2 is 2.11 bits per heavy atom. The molecule has 2 aromatic rings. The fourth-order valence-corrected chi connectivity index (χ4v) is 1.57. The van der Waals surface area contributed by atoms with Gasteiger partial charge in [0.15, 0.2) is 0 Å². The molecule has 0 bridgehead atoms. The van der Waals surface area contributed by atoms with Crippen LogP contribution in [0.2, 0.25) is 0 Å². The van der Waals surface area contributed by atoms with Crippen LogP contribution in [0.5, 0.6) is 5.75 Å². The topological polar surface area (TPSA) is 77.2 Å². The SMILES string of the molecule is CC(=O)Nc1ccccc1OCc1ccc(N)nc1. The summed E-state index contributed by atoms with van der Waals surface area (Å²) in [4.78, 5) is 15.1. The number of nitrogen functional groups attached to an aromatic ring is 1. The zero-order valence-corrected chi connectivity index (χ0v) is 10.6. The maximum Gasteiger partial charge on any atom is 0.221 e. The highest BCUT2D eigenvalue weighted by Crippen LogP contribution is 2.24. The number of ether oxygens (including phenoxy) is 1. The van der Waals surface area contributed by atoms with Crippen LogP contribution in [0.4, 0.5) is 11.5 Å². The fraction of sp³-hybridized carbons (Fsp3) is 0.143. The molecule has 3 N–H and O–H groups in total. The van der Waals surface area contributed by atoms with Gasteiger partial charge in [-0.1, -0.05) is 18.2 Å². The molecule has 1 amide bonds. The molecule has 1 aromatic carbocycles. The van der Waals surface area contributed by atoms with Crippen molar-refractivity contribution in [3.63, 3.8) is 0 Å². The highest BCUT2D eigenvalue weighted by molar-refractivity contribution is 5.90. The molecule has 0 saturated heterocycles.